The highest BCUT2D eigenvalue weighted by molar-refractivity contribution is 7.99. The lowest BCUT2D eigenvalue weighted by Crippen LogP contribution is -2.35. The zero-order valence-corrected chi connectivity index (χ0v) is 13.3. The first-order valence-corrected chi connectivity index (χ1v) is 6.84. The molecule has 1 N–H and O–H groups in total. The molecule has 0 saturated carbocycles. The molecular formula is C11H20Cl2N4OS. The largest absolute Gasteiger partial charge is 0.341 e. The van der Waals surface area contributed by atoms with Crippen molar-refractivity contribution in [3.05, 3.63) is 12.4 Å². The number of aromatic nitrogens is 2. The van der Waals surface area contributed by atoms with E-state index >= 15 is 0 Å². The standard InChI is InChI=1S/C11H18N4OS.2ClH/c1-14-7-5-13-11(14)17-9-10(16)15-6-2-3-12-4-8-15;;/h5,7,12H,2-4,6,8-9H2,1H3;2*1H. The molecule has 19 heavy (non-hydrogen) atoms. The molecule has 110 valence electrons. The fourth-order valence-electron chi connectivity index (χ4n) is 1.80. The predicted molar refractivity (Wildman–Crippen MR) is 82.5 cm³/mol. The maximum Gasteiger partial charge on any atom is 0.233 e. The molecule has 0 spiro atoms. The Balaban J connectivity index is 0.00000162. The molecule has 0 aromatic carbocycles. The Kier molecular flexibility index (Phi) is 9.26. The molecule has 0 unspecified atom stereocenters. The first kappa shape index (κ1) is 18.6. The number of aryl methyl sites for hydroxylation is 1. The number of nitrogens with zero attached hydrogens (tertiary/aromatic N) is 3. The molecule has 5 nitrogen and oxygen atoms in total. The van der Waals surface area contributed by atoms with E-state index in [9.17, 15) is 4.79 Å². The third kappa shape index (κ3) is 5.60. The van der Waals surface area contributed by atoms with E-state index in [1.54, 1.807) is 6.20 Å². The van der Waals surface area contributed by atoms with Gasteiger partial charge in [0.2, 0.25) is 5.91 Å². The van der Waals surface area contributed by atoms with E-state index in [4.69, 9.17) is 0 Å². The molecule has 0 radical (unpaired) electrons. The molecule has 1 aromatic rings. The van der Waals surface area contributed by atoms with Crippen LogP contribution in [0.15, 0.2) is 17.6 Å². The predicted octanol–water partition coefficient (Wildman–Crippen LogP) is 1.18. The summed E-state index contributed by atoms with van der Waals surface area (Å²) in [6.45, 7) is 3.60. The summed E-state index contributed by atoms with van der Waals surface area (Å²) in [6, 6.07) is 0. The third-order valence-corrected chi connectivity index (χ3v) is 3.84. The Morgan fingerprint density at radius 3 is 2.89 bits per heavy atom. The summed E-state index contributed by atoms with van der Waals surface area (Å²) in [4.78, 5) is 18.1. The van der Waals surface area contributed by atoms with E-state index in [2.05, 4.69) is 10.3 Å². The van der Waals surface area contributed by atoms with Crippen molar-refractivity contribution in [2.75, 3.05) is 31.9 Å². The highest BCUT2D eigenvalue weighted by Crippen LogP contribution is 2.15. The van der Waals surface area contributed by atoms with Gasteiger partial charge in [-0.1, -0.05) is 11.8 Å². The van der Waals surface area contributed by atoms with Crippen LogP contribution < -0.4 is 5.32 Å². The van der Waals surface area contributed by atoms with Gasteiger partial charge >= 0.3 is 0 Å². The summed E-state index contributed by atoms with van der Waals surface area (Å²) in [5, 5.41) is 4.19. The van der Waals surface area contributed by atoms with Crippen LogP contribution in [0.5, 0.6) is 0 Å². The number of halogens is 2. The molecule has 1 fully saturated rings. The van der Waals surface area contributed by atoms with E-state index in [-0.39, 0.29) is 30.7 Å². The average molecular weight is 327 g/mol. The molecule has 2 heterocycles. The number of thioether (sulfide) groups is 1. The van der Waals surface area contributed by atoms with Crippen molar-refractivity contribution in [3.63, 3.8) is 0 Å². The van der Waals surface area contributed by atoms with Crippen LogP contribution in [0.3, 0.4) is 0 Å². The zero-order chi connectivity index (χ0) is 12.1. The number of imidazole rings is 1. The van der Waals surface area contributed by atoms with Gasteiger partial charge in [-0.3, -0.25) is 4.79 Å². The van der Waals surface area contributed by atoms with Gasteiger partial charge in [0.15, 0.2) is 5.16 Å². The number of rotatable bonds is 3. The first-order chi connectivity index (χ1) is 8.27. The Morgan fingerprint density at radius 1 is 1.42 bits per heavy atom. The Hall–Kier alpha value is -0.430. The Bertz CT molecular complexity index is 381. The number of nitrogens with one attached hydrogen (secondary N) is 1. The molecule has 1 aromatic heterocycles. The molecular weight excluding hydrogens is 307 g/mol. The van der Waals surface area contributed by atoms with Gasteiger partial charge in [-0.15, -0.1) is 24.8 Å². The smallest absolute Gasteiger partial charge is 0.233 e. The lowest BCUT2D eigenvalue weighted by atomic mass is 10.4. The molecule has 0 bridgehead atoms. The second-order valence-corrected chi connectivity index (χ2v) is 5.04. The molecule has 2 rings (SSSR count). The maximum atomic E-state index is 12.0. The van der Waals surface area contributed by atoms with Crippen LogP contribution in [-0.4, -0.2) is 52.3 Å². The van der Waals surface area contributed by atoms with Crippen LogP contribution >= 0.6 is 36.6 Å². The van der Waals surface area contributed by atoms with Crippen LogP contribution in [0.4, 0.5) is 0 Å². The van der Waals surface area contributed by atoms with Crippen molar-refractivity contribution in [3.8, 4) is 0 Å². The zero-order valence-electron chi connectivity index (χ0n) is 10.9. The highest BCUT2D eigenvalue weighted by Gasteiger charge is 2.15. The fourth-order valence-corrected chi connectivity index (χ4v) is 2.64. The topological polar surface area (TPSA) is 50.2 Å². The van der Waals surface area contributed by atoms with E-state index < -0.39 is 0 Å². The van der Waals surface area contributed by atoms with Gasteiger partial charge in [0.05, 0.1) is 5.75 Å². The SMILES string of the molecule is Cl.Cl.Cn1ccnc1SCC(=O)N1CCCNCC1. The minimum atomic E-state index is 0. The number of carbonyl (C=O) groups excluding carboxylic acids is 1. The molecule has 1 saturated heterocycles. The van der Waals surface area contributed by atoms with Gasteiger partial charge in [0.25, 0.3) is 0 Å². The van der Waals surface area contributed by atoms with Crippen molar-refractivity contribution in [1.29, 1.82) is 0 Å². The van der Waals surface area contributed by atoms with Crippen LogP contribution in [0.2, 0.25) is 0 Å². The van der Waals surface area contributed by atoms with Gasteiger partial charge < -0.3 is 14.8 Å². The fraction of sp³-hybridized carbons (Fsp3) is 0.636. The third-order valence-electron chi connectivity index (χ3n) is 2.79. The molecule has 8 heteroatoms. The van der Waals surface area contributed by atoms with Crippen molar-refractivity contribution < 1.29 is 4.79 Å². The maximum absolute atomic E-state index is 12.0. The molecule has 1 aliphatic heterocycles. The second-order valence-electron chi connectivity index (χ2n) is 4.09. The number of amides is 1. The number of hydrogen-bond acceptors (Lipinski definition) is 4. The van der Waals surface area contributed by atoms with Crippen LogP contribution in [0.1, 0.15) is 6.42 Å². The summed E-state index contributed by atoms with van der Waals surface area (Å²) >= 11 is 1.50. The van der Waals surface area contributed by atoms with Crippen molar-refractivity contribution >= 4 is 42.5 Å². The average Bonchev–Trinajstić information content (AvgIpc) is 2.58. The van der Waals surface area contributed by atoms with Gasteiger partial charge in [-0.05, 0) is 13.0 Å². The van der Waals surface area contributed by atoms with Crippen LogP contribution in [0, 0.1) is 0 Å². The summed E-state index contributed by atoms with van der Waals surface area (Å²) in [5.74, 6) is 0.687. The minimum Gasteiger partial charge on any atom is -0.341 e. The monoisotopic (exact) mass is 326 g/mol. The van der Waals surface area contributed by atoms with Gasteiger partial charge in [0, 0.05) is 39.1 Å². The molecule has 1 aliphatic rings. The van der Waals surface area contributed by atoms with E-state index in [1.165, 1.54) is 11.8 Å². The number of carbonyl (C=O) groups is 1. The summed E-state index contributed by atoms with van der Waals surface area (Å²) < 4.78 is 1.93. The first-order valence-electron chi connectivity index (χ1n) is 5.86. The van der Waals surface area contributed by atoms with Crippen molar-refractivity contribution in [1.82, 2.24) is 19.8 Å². The Morgan fingerprint density at radius 2 is 2.21 bits per heavy atom. The minimum absolute atomic E-state index is 0. The van der Waals surface area contributed by atoms with Crippen molar-refractivity contribution in [2.45, 2.75) is 11.6 Å². The van der Waals surface area contributed by atoms with Gasteiger partial charge in [-0.25, -0.2) is 4.98 Å². The molecule has 0 atom stereocenters. The quantitative estimate of drug-likeness (QED) is 0.847. The van der Waals surface area contributed by atoms with Crippen molar-refractivity contribution in [2.24, 2.45) is 7.05 Å². The van der Waals surface area contributed by atoms with E-state index in [0.717, 1.165) is 37.8 Å². The number of hydrogen-bond donors (Lipinski definition) is 1. The Labute approximate surface area is 130 Å². The normalized spacial score (nSPS) is 15.1. The molecule has 1 amide bonds. The second kappa shape index (κ2) is 9.47. The van der Waals surface area contributed by atoms with Crippen LogP contribution in [0.25, 0.3) is 0 Å². The van der Waals surface area contributed by atoms with E-state index in [0.29, 0.717) is 5.75 Å². The van der Waals surface area contributed by atoms with E-state index in [1.807, 2.05) is 22.7 Å². The highest BCUT2D eigenvalue weighted by atomic mass is 35.5. The van der Waals surface area contributed by atoms with Gasteiger partial charge in [0.1, 0.15) is 0 Å². The summed E-state index contributed by atoms with van der Waals surface area (Å²) in [5.41, 5.74) is 0. The van der Waals surface area contributed by atoms with Gasteiger partial charge in [-0.2, -0.15) is 0 Å². The lowest BCUT2D eigenvalue weighted by molar-refractivity contribution is -0.128. The summed E-state index contributed by atoms with van der Waals surface area (Å²) in [6.07, 6.45) is 4.68. The molecule has 0 aliphatic carbocycles. The lowest BCUT2D eigenvalue weighted by Gasteiger charge is -2.19. The summed E-state index contributed by atoms with van der Waals surface area (Å²) in [7, 11) is 1.94. The van der Waals surface area contributed by atoms with Crippen LogP contribution in [-0.2, 0) is 11.8 Å².